The van der Waals surface area contributed by atoms with Gasteiger partial charge in [0.1, 0.15) is 11.6 Å². The number of carbonyl (C=O) groups excluding carboxylic acids is 2. The SMILES string of the molecule is C[C@H](Sc1nnc([C@@H]2COc3ccccc3O2)o1)C(=O)Nc1sc2c(c1C(N)=O)CCC2. The van der Waals surface area contributed by atoms with Gasteiger partial charge in [0.05, 0.1) is 10.8 Å². The van der Waals surface area contributed by atoms with Gasteiger partial charge in [-0.15, -0.1) is 21.5 Å². The van der Waals surface area contributed by atoms with Crippen LogP contribution in [0.15, 0.2) is 33.9 Å². The number of rotatable bonds is 6. The van der Waals surface area contributed by atoms with Gasteiger partial charge in [-0.05, 0) is 43.9 Å². The number of ether oxygens (including phenoxy) is 2. The molecule has 11 heteroatoms. The van der Waals surface area contributed by atoms with Crippen LogP contribution in [0.2, 0.25) is 0 Å². The number of nitrogens with two attached hydrogens (primary N) is 1. The summed E-state index contributed by atoms with van der Waals surface area (Å²) in [5, 5.41) is 11.1. The molecule has 0 saturated heterocycles. The van der Waals surface area contributed by atoms with Gasteiger partial charge in [0, 0.05) is 4.88 Å². The van der Waals surface area contributed by atoms with Crippen molar-refractivity contribution in [3.63, 3.8) is 0 Å². The van der Waals surface area contributed by atoms with E-state index in [4.69, 9.17) is 19.6 Å². The van der Waals surface area contributed by atoms with Crippen LogP contribution < -0.4 is 20.5 Å². The van der Waals surface area contributed by atoms with Crippen molar-refractivity contribution in [2.45, 2.75) is 42.8 Å². The van der Waals surface area contributed by atoms with E-state index in [2.05, 4.69) is 15.5 Å². The first kappa shape index (κ1) is 20.8. The molecule has 0 radical (unpaired) electrons. The summed E-state index contributed by atoms with van der Waals surface area (Å²) in [4.78, 5) is 25.8. The zero-order valence-electron chi connectivity index (χ0n) is 17.1. The number of amides is 2. The molecule has 2 amide bonds. The topological polar surface area (TPSA) is 130 Å². The van der Waals surface area contributed by atoms with Gasteiger partial charge >= 0.3 is 0 Å². The van der Waals surface area contributed by atoms with Gasteiger partial charge in [0.15, 0.2) is 11.5 Å². The average molecular weight is 473 g/mol. The number of nitrogens with one attached hydrogen (secondary N) is 1. The molecule has 1 aliphatic heterocycles. The Morgan fingerprint density at radius 1 is 1.25 bits per heavy atom. The molecule has 3 aromatic rings. The number of nitrogens with zero attached hydrogens (tertiary/aromatic N) is 2. The van der Waals surface area contributed by atoms with Crippen molar-refractivity contribution in [3.8, 4) is 11.5 Å². The molecule has 0 bridgehead atoms. The van der Waals surface area contributed by atoms with E-state index in [-0.39, 0.29) is 23.6 Å². The van der Waals surface area contributed by atoms with E-state index in [9.17, 15) is 9.59 Å². The van der Waals surface area contributed by atoms with Crippen molar-refractivity contribution in [2.24, 2.45) is 5.73 Å². The Balaban J connectivity index is 1.24. The Kier molecular flexibility index (Phi) is 5.51. The highest BCUT2D eigenvalue weighted by Crippen LogP contribution is 2.39. The Bertz CT molecular complexity index is 1190. The summed E-state index contributed by atoms with van der Waals surface area (Å²) in [5.74, 6) is 0.761. The third-order valence-corrected chi connectivity index (χ3v) is 7.40. The van der Waals surface area contributed by atoms with E-state index in [1.54, 1.807) is 13.0 Å². The maximum absolute atomic E-state index is 12.8. The minimum atomic E-state index is -0.537. The Morgan fingerprint density at radius 2 is 2.06 bits per heavy atom. The standard InChI is InChI=1S/C21H20N4O5S2/c1-10(18(27)23-20-16(17(22)26)11-5-4-8-15(11)32-20)31-21-25-24-19(30-21)14-9-28-12-6-2-3-7-13(12)29-14/h2-3,6-7,10,14H,4-5,8-9H2,1H3,(H2,22,26)(H,23,27)/t10-,14-/m0/s1. The third kappa shape index (κ3) is 3.93. The smallest absolute Gasteiger partial charge is 0.277 e. The van der Waals surface area contributed by atoms with E-state index in [1.807, 2.05) is 18.2 Å². The predicted octanol–water partition coefficient (Wildman–Crippen LogP) is 3.35. The van der Waals surface area contributed by atoms with Gasteiger partial charge in [0.2, 0.25) is 12.0 Å². The highest BCUT2D eigenvalue weighted by atomic mass is 32.2. The second-order valence-corrected chi connectivity index (χ2v) is 9.84. The molecule has 9 nitrogen and oxygen atoms in total. The fourth-order valence-electron chi connectivity index (χ4n) is 3.71. The molecule has 32 heavy (non-hydrogen) atoms. The highest BCUT2D eigenvalue weighted by molar-refractivity contribution is 8.00. The maximum atomic E-state index is 12.8. The number of anilines is 1. The summed E-state index contributed by atoms with van der Waals surface area (Å²) < 4.78 is 17.3. The van der Waals surface area contributed by atoms with Crippen molar-refractivity contribution < 1.29 is 23.5 Å². The van der Waals surface area contributed by atoms with Crippen LogP contribution in [0.5, 0.6) is 11.5 Å². The molecule has 0 saturated carbocycles. The van der Waals surface area contributed by atoms with Gasteiger partial charge in [-0.2, -0.15) is 0 Å². The van der Waals surface area contributed by atoms with Crippen LogP contribution in [0.1, 0.15) is 46.1 Å². The van der Waals surface area contributed by atoms with Crippen molar-refractivity contribution in [1.29, 1.82) is 0 Å². The first-order chi connectivity index (χ1) is 15.5. The maximum Gasteiger partial charge on any atom is 0.277 e. The molecule has 0 fully saturated rings. The van der Waals surface area contributed by atoms with Gasteiger partial charge in [-0.1, -0.05) is 23.9 Å². The molecule has 0 spiro atoms. The number of aromatic nitrogens is 2. The van der Waals surface area contributed by atoms with Crippen LogP contribution in [-0.4, -0.2) is 33.9 Å². The van der Waals surface area contributed by atoms with Crippen molar-refractivity contribution in [2.75, 3.05) is 11.9 Å². The zero-order chi connectivity index (χ0) is 22.2. The number of hydrogen-bond acceptors (Lipinski definition) is 9. The van der Waals surface area contributed by atoms with Crippen LogP contribution >= 0.6 is 23.1 Å². The normalized spacial score (nSPS) is 17.6. The predicted molar refractivity (Wildman–Crippen MR) is 118 cm³/mol. The Labute approximate surface area is 191 Å². The Morgan fingerprint density at radius 3 is 2.88 bits per heavy atom. The molecule has 5 rings (SSSR count). The van der Waals surface area contributed by atoms with Crippen LogP contribution in [0, 0.1) is 0 Å². The molecule has 1 aliphatic carbocycles. The van der Waals surface area contributed by atoms with E-state index < -0.39 is 17.3 Å². The van der Waals surface area contributed by atoms with E-state index in [0.717, 1.165) is 41.5 Å². The first-order valence-electron chi connectivity index (χ1n) is 10.1. The molecule has 166 valence electrons. The lowest BCUT2D eigenvalue weighted by Crippen LogP contribution is -2.24. The second-order valence-electron chi connectivity index (χ2n) is 7.45. The van der Waals surface area contributed by atoms with Gasteiger partial charge in [-0.3, -0.25) is 9.59 Å². The third-order valence-electron chi connectivity index (χ3n) is 5.26. The number of thioether (sulfide) groups is 1. The minimum absolute atomic E-state index is 0.244. The van der Waals surface area contributed by atoms with Gasteiger partial charge in [0.25, 0.3) is 17.0 Å². The van der Waals surface area contributed by atoms with Crippen molar-refractivity contribution >= 4 is 39.9 Å². The molecule has 2 aliphatic rings. The monoisotopic (exact) mass is 472 g/mol. The number of thiophene rings is 1. The van der Waals surface area contributed by atoms with E-state index in [0.29, 0.717) is 22.1 Å². The molecule has 2 aromatic heterocycles. The van der Waals surface area contributed by atoms with Crippen molar-refractivity contribution in [1.82, 2.24) is 10.2 Å². The summed E-state index contributed by atoms with van der Waals surface area (Å²) in [7, 11) is 0. The quantitative estimate of drug-likeness (QED) is 0.523. The molecular weight excluding hydrogens is 452 g/mol. The number of benzene rings is 1. The largest absolute Gasteiger partial charge is 0.485 e. The highest BCUT2D eigenvalue weighted by Gasteiger charge is 2.30. The number of fused-ring (bicyclic) bond motifs is 2. The molecule has 3 heterocycles. The summed E-state index contributed by atoms with van der Waals surface area (Å²) in [6.07, 6.45) is 2.19. The number of hydrogen-bond donors (Lipinski definition) is 2. The second kappa shape index (κ2) is 8.47. The Hall–Kier alpha value is -3.05. The molecule has 0 unspecified atom stereocenters. The molecule has 1 aromatic carbocycles. The number of para-hydroxylation sites is 2. The minimum Gasteiger partial charge on any atom is -0.485 e. The summed E-state index contributed by atoms with van der Waals surface area (Å²) >= 11 is 2.55. The van der Waals surface area contributed by atoms with Gasteiger partial charge in [-0.25, -0.2) is 0 Å². The molecular formula is C21H20N4O5S2. The molecule has 2 atom stereocenters. The van der Waals surface area contributed by atoms with Gasteiger partial charge < -0.3 is 24.9 Å². The van der Waals surface area contributed by atoms with Crippen molar-refractivity contribution in [3.05, 3.63) is 46.2 Å². The lowest BCUT2D eigenvalue weighted by Gasteiger charge is -2.23. The summed E-state index contributed by atoms with van der Waals surface area (Å²) in [6.45, 7) is 1.98. The van der Waals surface area contributed by atoms with E-state index in [1.165, 1.54) is 11.3 Å². The number of carbonyl (C=O) groups is 2. The first-order valence-corrected chi connectivity index (χ1v) is 11.8. The fourth-order valence-corrected chi connectivity index (χ4v) is 5.70. The lowest BCUT2D eigenvalue weighted by molar-refractivity contribution is -0.115. The van der Waals surface area contributed by atoms with Crippen LogP contribution in [0.25, 0.3) is 0 Å². The zero-order valence-corrected chi connectivity index (χ0v) is 18.8. The summed E-state index contributed by atoms with van der Waals surface area (Å²) in [6, 6.07) is 7.35. The van der Waals surface area contributed by atoms with Crippen LogP contribution in [0.3, 0.4) is 0 Å². The van der Waals surface area contributed by atoms with Crippen LogP contribution in [-0.2, 0) is 17.6 Å². The summed E-state index contributed by atoms with van der Waals surface area (Å²) in [5.41, 5.74) is 6.97. The van der Waals surface area contributed by atoms with E-state index >= 15 is 0 Å². The average Bonchev–Trinajstić information content (AvgIpc) is 3.49. The fraction of sp³-hybridized carbons (Fsp3) is 0.333. The molecule has 3 N–H and O–H groups in total. The van der Waals surface area contributed by atoms with Crippen LogP contribution in [0.4, 0.5) is 5.00 Å². The number of primary amides is 1. The number of aryl methyl sites for hydroxylation is 1. The lowest BCUT2D eigenvalue weighted by atomic mass is 10.1.